The van der Waals surface area contributed by atoms with Crippen LogP contribution in [0.15, 0.2) is 156 Å². The Kier molecular flexibility index (Phi) is 5.80. The van der Waals surface area contributed by atoms with Crippen molar-refractivity contribution < 1.29 is 4.42 Å². The van der Waals surface area contributed by atoms with E-state index in [4.69, 9.17) is 19.4 Å². The van der Waals surface area contributed by atoms with Gasteiger partial charge in [0.05, 0.1) is 0 Å². The van der Waals surface area contributed by atoms with Crippen LogP contribution in [0.5, 0.6) is 0 Å². The highest BCUT2D eigenvalue weighted by Crippen LogP contribution is 2.40. The Balaban J connectivity index is 1.14. The van der Waals surface area contributed by atoms with Crippen LogP contribution in [0.4, 0.5) is 0 Å². The van der Waals surface area contributed by atoms with Crippen molar-refractivity contribution in [2.24, 2.45) is 0 Å². The first-order valence-electron chi connectivity index (χ1n) is 16.7. The molecule has 0 N–H and O–H groups in total. The molecule has 3 aromatic heterocycles. The minimum atomic E-state index is 0.625. The van der Waals surface area contributed by atoms with Crippen LogP contribution >= 0.6 is 11.3 Å². The zero-order valence-electron chi connectivity index (χ0n) is 26.6. The molecule has 0 aliphatic rings. The van der Waals surface area contributed by atoms with Crippen molar-refractivity contribution >= 4 is 85.8 Å². The fourth-order valence-corrected chi connectivity index (χ4v) is 8.72. The lowest BCUT2D eigenvalue weighted by Crippen LogP contribution is -2.00. The maximum absolute atomic E-state index is 6.15. The lowest BCUT2D eigenvalue weighted by atomic mass is 9.96. The first-order valence-corrected chi connectivity index (χ1v) is 17.5. The fourth-order valence-electron chi connectivity index (χ4n) is 7.51. The number of fused-ring (bicyclic) bond motifs is 11. The predicted molar refractivity (Wildman–Crippen MR) is 209 cm³/mol. The molecule has 0 saturated heterocycles. The number of nitrogens with zero attached hydrogens (tertiary/aromatic N) is 3. The van der Waals surface area contributed by atoms with Gasteiger partial charge < -0.3 is 4.42 Å². The number of thiophene rings is 1. The van der Waals surface area contributed by atoms with Crippen LogP contribution in [-0.4, -0.2) is 15.0 Å². The molecule has 4 nitrogen and oxygen atoms in total. The van der Waals surface area contributed by atoms with Gasteiger partial charge >= 0.3 is 0 Å². The normalized spacial score (nSPS) is 12.0. The first kappa shape index (κ1) is 27.5. The molecular formula is C45H25N3OS. The number of aromatic nitrogens is 3. The van der Waals surface area contributed by atoms with E-state index >= 15 is 0 Å². The van der Waals surface area contributed by atoms with E-state index in [9.17, 15) is 0 Å². The van der Waals surface area contributed by atoms with E-state index in [1.807, 2.05) is 30.3 Å². The van der Waals surface area contributed by atoms with Gasteiger partial charge in [-0.25, -0.2) is 15.0 Å². The number of para-hydroxylation sites is 1. The monoisotopic (exact) mass is 655 g/mol. The Morgan fingerprint density at radius 2 is 1.00 bits per heavy atom. The highest BCUT2D eigenvalue weighted by Gasteiger charge is 2.18. The zero-order valence-corrected chi connectivity index (χ0v) is 27.4. The quantitative estimate of drug-likeness (QED) is 0.178. The molecule has 0 bridgehead atoms. The third kappa shape index (κ3) is 4.14. The summed E-state index contributed by atoms with van der Waals surface area (Å²) >= 11 is 1.78. The van der Waals surface area contributed by atoms with Gasteiger partial charge in [0.1, 0.15) is 11.2 Å². The molecule has 0 atom stereocenters. The molecule has 0 aliphatic carbocycles. The summed E-state index contributed by atoms with van der Waals surface area (Å²) in [7, 11) is 0. The van der Waals surface area contributed by atoms with Crippen molar-refractivity contribution in [1.82, 2.24) is 15.0 Å². The predicted octanol–water partition coefficient (Wildman–Crippen LogP) is 12.6. The van der Waals surface area contributed by atoms with Gasteiger partial charge in [-0.05, 0) is 74.8 Å². The number of hydrogen-bond acceptors (Lipinski definition) is 5. The van der Waals surface area contributed by atoms with Crippen LogP contribution in [0.25, 0.3) is 109 Å². The van der Waals surface area contributed by atoms with Crippen LogP contribution < -0.4 is 0 Å². The Bertz CT molecular complexity index is 3170. The van der Waals surface area contributed by atoms with Crippen molar-refractivity contribution in [1.29, 1.82) is 0 Å². The van der Waals surface area contributed by atoms with E-state index in [2.05, 4.69) is 121 Å². The Labute approximate surface area is 289 Å². The van der Waals surface area contributed by atoms with Crippen molar-refractivity contribution in [2.75, 3.05) is 0 Å². The molecule has 11 rings (SSSR count). The minimum absolute atomic E-state index is 0.625. The van der Waals surface area contributed by atoms with E-state index in [0.717, 1.165) is 44.0 Å². The van der Waals surface area contributed by atoms with Crippen molar-refractivity contribution in [3.05, 3.63) is 152 Å². The lowest BCUT2D eigenvalue weighted by Gasteiger charge is -2.11. The van der Waals surface area contributed by atoms with Gasteiger partial charge in [0.15, 0.2) is 17.5 Å². The second-order valence-corrected chi connectivity index (χ2v) is 13.8. The number of rotatable bonds is 3. The Hall–Kier alpha value is -6.43. The smallest absolute Gasteiger partial charge is 0.165 e. The van der Waals surface area contributed by atoms with Crippen LogP contribution in [-0.2, 0) is 0 Å². The molecule has 0 spiro atoms. The van der Waals surface area contributed by atoms with E-state index in [0.29, 0.717) is 17.5 Å². The number of hydrogen-bond donors (Lipinski definition) is 0. The summed E-state index contributed by atoms with van der Waals surface area (Å²) in [5.74, 6) is 1.92. The topological polar surface area (TPSA) is 51.8 Å². The van der Waals surface area contributed by atoms with E-state index in [1.165, 1.54) is 47.1 Å². The average Bonchev–Trinajstić information content (AvgIpc) is 3.75. The fraction of sp³-hybridized carbons (Fsp3) is 0. The van der Waals surface area contributed by atoms with E-state index < -0.39 is 0 Å². The molecule has 0 aliphatic heterocycles. The molecule has 0 saturated carbocycles. The van der Waals surface area contributed by atoms with Gasteiger partial charge in [0.2, 0.25) is 0 Å². The van der Waals surface area contributed by atoms with Crippen molar-refractivity contribution in [3.8, 4) is 34.2 Å². The third-order valence-corrected chi connectivity index (χ3v) is 11.1. The summed E-state index contributed by atoms with van der Waals surface area (Å²) in [6, 6.07) is 53.4. The molecule has 5 heteroatoms. The van der Waals surface area contributed by atoms with E-state index in [1.54, 1.807) is 11.3 Å². The Morgan fingerprint density at radius 3 is 1.88 bits per heavy atom. The van der Waals surface area contributed by atoms with Gasteiger partial charge in [0, 0.05) is 47.6 Å². The Morgan fingerprint density at radius 1 is 0.380 bits per heavy atom. The summed E-state index contributed by atoms with van der Waals surface area (Å²) < 4.78 is 8.57. The van der Waals surface area contributed by atoms with Gasteiger partial charge in [-0.1, -0.05) is 109 Å². The van der Waals surface area contributed by atoms with Gasteiger partial charge in [-0.3, -0.25) is 0 Å². The highest BCUT2D eigenvalue weighted by atomic mass is 32.1. The summed E-state index contributed by atoms with van der Waals surface area (Å²) in [5, 5.41) is 11.9. The molecule has 3 heterocycles. The molecule has 0 radical (unpaired) electrons. The van der Waals surface area contributed by atoms with Crippen LogP contribution in [0.3, 0.4) is 0 Å². The van der Waals surface area contributed by atoms with Crippen LogP contribution in [0.1, 0.15) is 0 Å². The molecule has 0 unspecified atom stereocenters. The molecule has 50 heavy (non-hydrogen) atoms. The first-order chi connectivity index (χ1) is 24.7. The summed E-state index contributed by atoms with van der Waals surface area (Å²) in [4.78, 5) is 15.5. The minimum Gasteiger partial charge on any atom is -0.456 e. The van der Waals surface area contributed by atoms with Crippen LogP contribution in [0, 0.1) is 0 Å². The highest BCUT2D eigenvalue weighted by molar-refractivity contribution is 7.26. The zero-order chi connectivity index (χ0) is 32.8. The molecule has 8 aromatic carbocycles. The van der Waals surface area contributed by atoms with Gasteiger partial charge in [-0.2, -0.15) is 0 Å². The summed E-state index contributed by atoms with van der Waals surface area (Å²) in [6.45, 7) is 0. The number of benzene rings is 8. The standard InChI is InChI=1S/C45H25N3OS/c1-2-9-30-26(8-1)16-21-33-31-20-18-28(24-27(31)17-22-32(30)33)43-46-44(29-19-23-40-38(25-29)34-10-3-5-14-39(34)49-40)48-45(47-43)37-13-7-12-36-35-11-4-6-15-41(35)50-42(36)37/h1-25H. The van der Waals surface area contributed by atoms with Crippen LogP contribution in [0.2, 0.25) is 0 Å². The SMILES string of the molecule is c1ccc2c(c1)ccc1c3ccc(-c4nc(-c5ccc6oc7ccccc7c6c5)nc(-c5cccc6c5sc5ccccc56)n4)cc3ccc21. The molecule has 232 valence electrons. The van der Waals surface area contributed by atoms with Crippen molar-refractivity contribution in [3.63, 3.8) is 0 Å². The second-order valence-electron chi connectivity index (χ2n) is 12.8. The maximum atomic E-state index is 6.15. The van der Waals surface area contributed by atoms with E-state index in [-0.39, 0.29) is 0 Å². The second kappa shape index (κ2) is 10.5. The third-order valence-electron chi connectivity index (χ3n) is 9.92. The molecular weight excluding hydrogens is 631 g/mol. The van der Waals surface area contributed by atoms with Gasteiger partial charge in [0.25, 0.3) is 0 Å². The maximum Gasteiger partial charge on any atom is 0.165 e. The summed E-state index contributed by atoms with van der Waals surface area (Å²) in [6.07, 6.45) is 0. The molecule has 0 fully saturated rings. The largest absolute Gasteiger partial charge is 0.456 e. The average molecular weight is 656 g/mol. The number of furan rings is 1. The lowest BCUT2D eigenvalue weighted by molar-refractivity contribution is 0.669. The van der Waals surface area contributed by atoms with Crippen molar-refractivity contribution in [2.45, 2.75) is 0 Å². The van der Waals surface area contributed by atoms with Gasteiger partial charge in [-0.15, -0.1) is 11.3 Å². The summed E-state index contributed by atoms with van der Waals surface area (Å²) in [5.41, 5.74) is 4.57. The molecule has 0 amide bonds. The molecule has 11 aromatic rings.